The highest BCUT2D eigenvalue weighted by molar-refractivity contribution is 5.89. The van der Waals surface area contributed by atoms with Gasteiger partial charge in [-0.3, -0.25) is 0 Å². The van der Waals surface area contributed by atoms with Crippen molar-refractivity contribution in [2.45, 2.75) is 43.9 Å². The largest absolute Gasteiger partial charge is 0.478 e. The molecule has 0 spiro atoms. The van der Waals surface area contributed by atoms with Crippen LogP contribution < -0.4 is 0 Å². The molecular formula is C26H30F3NO5. The Kier molecular flexibility index (Phi) is 10.5. The average Bonchev–Trinajstić information content (AvgIpc) is 2.84. The van der Waals surface area contributed by atoms with E-state index in [4.69, 9.17) is 10.2 Å². The number of carbonyl (C=O) groups is 2. The van der Waals surface area contributed by atoms with Gasteiger partial charge in [0.05, 0.1) is 5.56 Å². The summed E-state index contributed by atoms with van der Waals surface area (Å²) in [5.74, 6) is -2.51. The molecule has 1 aliphatic heterocycles. The highest BCUT2D eigenvalue weighted by Crippen LogP contribution is 2.36. The molecule has 2 aromatic rings. The summed E-state index contributed by atoms with van der Waals surface area (Å²) in [5.41, 5.74) is -0.778. The Morgan fingerprint density at radius 3 is 1.77 bits per heavy atom. The number of alkyl halides is 3. The molecule has 1 fully saturated rings. The molecule has 1 unspecified atom stereocenters. The zero-order chi connectivity index (χ0) is 25.9. The maximum Gasteiger partial charge on any atom is 0.416 e. The van der Waals surface area contributed by atoms with Crippen molar-refractivity contribution in [1.82, 2.24) is 4.90 Å². The quantitative estimate of drug-likeness (QED) is 0.452. The fourth-order valence-electron chi connectivity index (χ4n) is 3.99. The van der Waals surface area contributed by atoms with Crippen LogP contribution in [0.25, 0.3) is 0 Å². The second kappa shape index (κ2) is 13.1. The van der Waals surface area contributed by atoms with Crippen molar-refractivity contribution in [2.75, 3.05) is 19.6 Å². The number of hydrogen-bond acceptors (Lipinski definition) is 4. The molecule has 9 heteroatoms. The van der Waals surface area contributed by atoms with Crippen LogP contribution in [0.4, 0.5) is 13.2 Å². The van der Waals surface area contributed by atoms with Gasteiger partial charge in [-0.1, -0.05) is 48.9 Å². The van der Waals surface area contributed by atoms with Crippen LogP contribution in [0.3, 0.4) is 0 Å². The van der Waals surface area contributed by atoms with Crippen LogP contribution in [0.5, 0.6) is 0 Å². The lowest BCUT2D eigenvalue weighted by atomic mass is 9.82. The Bertz CT molecular complexity index is 955. The van der Waals surface area contributed by atoms with Crippen molar-refractivity contribution in [3.05, 3.63) is 83.4 Å². The van der Waals surface area contributed by atoms with Gasteiger partial charge in [-0.25, -0.2) is 9.59 Å². The number of benzene rings is 2. The minimum Gasteiger partial charge on any atom is -0.478 e. The monoisotopic (exact) mass is 493 g/mol. The smallest absolute Gasteiger partial charge is 0.416 e. The van der Waals surface area contributed by atoms with E-state index in [2.05, 4.69) is 4.90 Å². The number of likely N-dealkylation sites (tertiary alicyclic amines) is 1. The second-order valence-corrected chi connectivity index (χ2v) is 8.32. The van der Waals surface area contributed by atoms with Crippen molar-refractivity contribution in [1.29, 1.82) is 0 Å². The summed E-state index contributed by atoms with van der Waals surface area (Å²) in [6.45, 7) is 3.07. The zero-order valence-corrected chi connectivity index (χ0v) is 19.2. The molecule has 0 saturated carbocycles. The fraction of sp³-hybridized carbons (Fsp3) is 0.385. The van der Waals surface area contributed by atoms with Gasteiger partial charge in [-0.15, -0.1) is 0 Å². The molecule has 1 saturated heterocycles. The number of rotatable bonds is 8. The second-order valence-electron chi connectivity index (χ2n) is 8.32. The van der Waals surface area contributed by atoms with Gasteiger partial charge in [0.2, 0.25) is 0 Å². The van der Waals surface area contributed by atoms with Gasteiger partial charge in [-0.05, 0) is 68.6 Å². The summed E-state index contributed by atoms with van der Waals surface area (Å²) in [7, 11) is 0. The van der Waals surface area contributed by atoms with Crippen LogP contribution >= 0.6 is 0 Å². The van der Waals surface area contributed by atoms with Gasteiger partial charge in [0.25, 0.3) is 0 Å². The van der Waals surface area contributed by atoms with Crippen LogP contribution in [0, 0.1) is 0 Å². The van der Waals surface area contributed by atoms with E-state index in [1.807, 2.05) is 30.3 Å². The number of halogens is 3. The third kappa shape index (κ3) is 9.18. The van der Waals surface area contributed by atoms with E-state index >= 15 is 0 Å². The molecule has 190 valence electrons. The lowest BCUT2D eigenvalue weighted by molar-refractivity contribution is -0.137. The molecule has 1 aliphatic rings. The Morgan fingerprint density at radius 1 is 0.800 bits per heavy atom. The number of carboxylic acids is 2. The van der Waals surface area contributed by atoms with E-state index in [0.717, 1.165) is 38.2 Å². The van der Waals surface area contributed by atoms with Gasteiger partial charge in [0, 0.05) is 12.2 Å². The summed E-state index contributed by atoms with van der Waals surface area (Å²) >= 11 is 0. The van der Waals surface area contributed by atoms with Crippen LogP contribution in [0.2, 0.25) is 0 Å². The number of aliphatic carboxylic acids is 2. The summed E-state index contributed by atoms with van der Waals surface area (Å²) in [4.78, 5) is 21.5. The third-order valence-electron chi connectivity index (χ3n) is 5.77. The minimum atomic E-state index is -4.38. The van der Waals surface area contributed by atoms with Crippen molar-refractivity contribution in [2.24, 2.45) is 0 Å². The zero-order valence-electron chi connectivity index (χ0n) is 19.2. The van der Waals surface area contributed by atoms with Crippen molar-refractivity contribution >= 4 is 11.9 Å². The number of aliphatic hydroxyl groups is 1. The first-order valence-corrected chi connectivity index (χ1v) is 11.3. The normalized spacial score (nSPS) is 16.2. The number of nitrogens with zero attached hydrogens (tertiary/aromatic N) is 1. The number of hydrogen-bond donors (Lipinski definition) is 3. The molecule has 3 N–H and O–H groups in total. The standard InChI is InChI=1S/C22H26F3NO.C4H4O4/c23-22(24,25)20-12-10-19(11-13-20)21(27,18-8-3-1-4-9-18)14-7-17-26-15-5-2-6-16-26;5-3(6)1-2-4(7)8/h1,3-4,8-13,27H,2,5-7,14-17H2;1-2H,(H,5,6)(H,7,8)/b;2-1+. The van der Waals surface area contributed by atoms with Gasteiger partial charge < -0.3 is 20.2 Å². The minimum absolute atomic E-state index is 0.471. The molecule has 0 aliphatic carbocycles. The van der Waals surface area contributed by atoms with Crippen molar-refractivity contribution < 1.29 is 38.1 Å². The van der Waals surface area contributed by atoms with Gasteiger partial charge in [0.15, 0.2) is 0 Å². The Balaban J connectivity index is 0.000000466. The lowest BCUT2D eigenvalue weighted by Crippen LogP contribution is -2.33. The first-order chi connectivity index (χ1) is 16.5. The highest BCUT2D eigenvalue weighted by Gasteiger charge is 2.34. The summed E-state index contributed by atoms with van der Waals surface area (Å²) in [5, 5.41) is 27.1. The molecule has 1 heterocycles. The highest BCUT2D eigenvalue weighted by atomic mass is 19.4. The van der Waals surface area contributed by atoms with Gasteiger partial charge >= 0.3 is 18.1 Å². The lowest BCUT2D eigenvalue weighted by Gasteiger charge is -2.32. The summed E-state index contributed by atoms with van der Waals surface area (Å²) in [6.07, 6.45) is 1.69. The van der Waals surface area contributed by atoms with Crippen molar-refractivity contribution in [3.63, 3.8) is 0 Å². The van der Waals surface area contributed by atoms with E-state index < -0.39 is 29.3 Å². The molecule has 0 amide bonds. The summed E-state index contributed by atoms with van der Waals surface area (Å²) in [6, 6.07) is 14.1. The van der Waals surface area contributed by atoms with Crippen LogP contribution in [-0.2, 0) is 21.4 Å². The molecule has 2 aromatic carbocycles. The Labute approximate surface area is 202 Å². The first-order valence-electron chi connectivity index (χ1n) is 11.3. The molecule has 1 atom stereocenters. The maximum absolute atomic E-state index is 12.9. The van der Waals surface area contributed by atoms with E-state index in [-0.39, 0.29) is 0 Å². The Morgan fingerprint density at radius 2 is 1.29 bits per heavy atom. The Hall–Kier alpha value is -3.17. The SMILES string of the molecule is O=C(O)/C=C/C(=O)O.OC(CCCN1CCCCC1)(c1ccccc1)c1ccc(C(F)(F)F)cc1. The van der Waals surface area contributed by atoms with Crippen molar-refractivity contribution in [3.8, 4) is 0 Å². The van der Waals surface area contributed by atoms with E-state index in [1.54, 1.807) is 0 Å². The van der Waals surface area contributed by atoms with E-state index in [0.29, 0.717) is 29.7 Å². The fourth-order valence-corrected chi connectivity index (χ4v) is 3.99. The van der Waals surface area contributed by atoms with Crippen LogP contribution in [0.1, 0.15) is 48.8 Å². The maximum atomic E-state index is 12.9. The first kappa shape index (κ1) is 28.1. The van der Waals surface area contributed by atoms with Crippen LogP contribution in [-0.4, -0.2) is 51.8 Å². The molecule has 0 bridgehead atoms. The van der Waals surface area contributed by atoms with Crippen LogP contribution in [0.15, 0.2) is 66.7 Å². The molecule has 0 aromatic heterocycles. The average molecular weight is 494 g/mol. The molecule has 35 heavy (non-hydrogen) atoms. The predicted octanol–water partition coefficient (Wildman–Crippen LogP) is 4.92. The topological polar surface area (TPSA) is 98.1 Å². The molecule has 0 radical (unpaired) electrons. The molecule has 6 nitrogen and oxygen atoms in total. The molecular weight excluding hydrogens is 463 g/mol. The summed E-state index contributed by atoms with van der Waals surface area (Å²) < 4.78 is 38.6. The predicted molar refractivity (Wildman–Crippen MR) is 125 cm³/mol. The van der Waals surface area contributed by atoms with E-state index in [9.17, 15) is 27.9 Å². The van der Waals surface area contributed by atoms with Gasteiger partial charge in [-0.2, -0.15) is 13.2 Å². The van der Waals surface area contributed by atoms with Gasteiger partial charge in [0.1, 0.15) is 5.60 Å². The number of piperidine rings is 1. The third-order valence-corrected chi connectivity index (χ3v) is 5.77. The van der Waals surface area contributed by atoms with E-state index in [1.165, 1.54) is 31.4 Å². The molecule has 3 rings (SSSR count). The number of carboxylic acid groups (broad SMARTS) is 2.